The van der Waals surface area contributed by atoms with Crippen molar-refractivity contribution in [2.24, 2.45) is 11.7 Å². The second-order valence-corrected chi connectivity index (χ2v) is 5.97. The van der Waals surface area contributed by atoms with E-state index in [0.29, 0.717) is 6.54 Å². The van der Waals surface area contributed by atoms with Crippen LogP contribution in [0.25, 0.3) is 0 Å². The van der Waals surface area contributed by atoms with Gasteiger partial charge in [0.2, 0.25) is 0 Å². The van der Waals surface area contributed by atoms with Crippen molar-refractivity contribution in [3.8, 4) is 0 Å². The molecule has 1 atom stereocenters. The first-order valence-electron chi connectivity index (χ1n) is 7.81. The van der Waals surface area contributed by atoms with Gasteiger partial charge in [-0.1, -0.05) is 18.9 Å². The maximum atomic E-state index is 5.74. The van der Waals surface area contributed by atoms with Gasteiger partial charge in [0.05, 0.1) is 0 Å². The highest BCUT2D eigenvalue weighted by atomic mass is 15.2. The molecule has 3 heteroatoms. The third-order valence-electron chi connectivity index (χ3n) is 4.80. The van der Waals surface area contributed by atoms with Crippen molar-refractivity contribution in [2.75, 3.05) is 18.0 Å². The molecule has 1 unspecified atom stereocenters. The average Bonchev–Trinajstić information content (AvgIpc) is 3.10. The molecule has 2 N–H and O–H groups in total. The maximum Gasteiger partial charge on any atom is 0.132 e. The van der Waals surface area contributed by atoms with Crippen molar-refractivity contribution in [3.63, 3.8) is 0 Å². The van der Waals surface area contributed by atoms with E-state index in [0.717, 1.165) is 18.4 Å². The van der Waals surface area contributed by atoms with Gasteiger partial charge in [-0.3, -0.25) is 0 Å². The number of hydrogen-bond donors (Lipinski definition) is 1. The number of nitrogens with two attached hydrogens (primary N) is 1. The van der Waals surface area contributed by atoms with Gasteiger partial charge in [-0.05, 0) is 56.2 Å². The Labute approximate surface area is 116 Å². The molecule has 2 fully saturated rings. The van der Waals surface area contributed by atoms with Gasteiger partial charge in [-0.25, -0.2) is 4.98 Å². The predicted octanol–water partition coefficient (Wildman–Crippen LogP) is 2.74. The van der Waals surface area contributed by atoms with E-state index in [-0.39, 0.29) is 0 Å². The third-order valence-corrected chi connectivity index (χ3v) is 4.80. The lowest BCUT2D eigenvalue weighted by Crippen LogP contribution is -2.36. The summed E-state index contributed by atoms with van der Waals surface area (Å²) in [6.07, 6.45) is 11.2. The number of hydrogen-bond acceptors (Lipinski definition) is 3. The molecular weight excluding hydrogens is 234 g/mol. The van der Waals surface area contributed by atoms with Crippen molar-refractivity contribution >= 4 is 5.82 Å². The molecule has 0 bridgehead atoms. The van der Waals surface area contributed by atoms with Gasteiger partial charge < -0.3 is 10.6 Å². The standard InChI is InChI=1S/C16H25N3/c17-10-9-14-7-3-11-18-16(14)19-12-4-8-15(19)13-5-1-2-6-13/h3,7,11,13,15H,1-2,4-6,8-10,12,17H2. The van der Waals surface area contributed by atoms with E-state index in [9.17, 15) is 0 Å². The molecule has 0 spiro atoms. The Kier molecular flexibility index (Phi) is 4.02. The number of pyridine rings is 1. The van der Waals surface area contributed by atoms with Gasteiger partial charge in [-0.2, -0.15) is 0 Å². The topological polar surface area (TPSA) is 42.1 Å². The molecule has 1 saturated carbocycles. The SMILES string of the molecule is NCCc1cccnc1N1CCCC1C1CCCC1. The summed E-state index contributed by atoms with van der Waals surface area (Å²) in [5, 5.41) is 0. The van der Waals surface area contributed by atoms with E-state index in [2.05, 4.69) is 16.0 Å². The van der Waals surface area contributed by atoms with Crippen molar-refractivity contribution in [3.05, 3.63) is 23.9 Å². The van der Waals surface area contributed by atoms with E-state index < -0.39 is 0 Å². The summed E-state index contributed by atoms with van der Waals surface area (Å²) in [4.78, 5) is 7.26. The lowest BCUT2D eigenvalue weighted by Gasteiger charge is -2.31. The number of aromatic nitrogens is 1. The van der Waals surface area contributed by atoms with Crippen molar-refractivity contribution in [2.45, 2.75) is 51.0 Å². The lowest BCUT2D eigenvalue weighted by atomic mass is 9.95. The zero-order chi connectivity index (χ0) is 13.1. The van der Waals surface area contributed by atoms with E-state index in [4.69, 9.17) is 5.73 Å². The quantitative estimate of drug-likeness (QED) is 0.904. The van der Waals surface area contributed by atoms with E-state index in [1.54, 1.807) is 0 Å². The summed E-state index contributed by atoms with van der Waals surface area (Å²) in [6, 6.07) is 4.96. The Morgan fingerprint density at radius 3 is 2.84 bits per heavy atom. The Bertz CT molecular complexity index is 412. The molecular formula is C16H25N3. The van der Waals surface area contributed by atoms with Crippen LogP contribution in [0.1, 0.15) is 44.1 Å². The van der Waals surface area contributed by atoms with Gasteiger partial charge >= 0.3 is 0 Å². The van der Waals surface area contributed by atoms with Crippen molar-refractivity contribution in [1.29, 1.82) is 0 Å². The fourth-order valence-corrected chi connectivity index (χ4v) is 3.93. The monoisotopic (exact) mass is 259 g/mol. The Morgan fingerprint density at radius 1 is 1.21 bits per heavy atom. The Hall–Kier alpha value is -1.09. The largest absolute Gasteiger partial charge is 0.353 e. The first-order chi connectivity index (χ1) is 9.40. The molecule has 0 amide bonds. The summed E-state index contributed by atoms with van der Waals surface area (Å²) in [5.74, 6) is 2.11. The fourth-order valence-electron chi connectivity index (χ4n) is 3.93. The van der Waals surface area contributed by atoms with Gasteiger partial charge in [0.1, 0.15) is 5.82 Å². The van der Waals surface area contributed by atoms with E-state index in [1.165, 1.54) is 56.5 Å². The van der Waals surface area contributed by atoms with Crippen LogP contribution in [0.5, 0.6) is 0 Å². The van der Waals surface area contributed by atoms with Crippen LogP contribution in [-0.2, 0) is 6.42 Å². The Morgan fingerprint density at radius 2 is 2.05 bits per heavy atom. The molecule has 2 heterocycles. The first-order valence-corrected chi connectivity index (χ1v) is 7.81. The smallest absolute Gasteiger partial charge is 0.132 e. The molecule has 1 aliphatic carbocycles. The molecule has 0 aromatic carbocycles. The zero-order valence-corrected chi connectivity index (χ0v) is 11.7. The molecule has 2 aliphatic rings. The van der Waals surface area contributed by atoms with Crippen LogP contribution in [0, 0.1) is 5.92 Å². The summed E-state index contributed by atoms with van der Waals surface area (Å²) >= 11 is 0. The van der Waals surface area contributed by atoms with Crippen LogP contribution in [-0.4, -0.2) is 24.1 Å². The van der Waals surface area contributed by atoms with E-state index >= 15 is 0 Å². The van der Waals surface area contributed by atoms with Crippen LogP contribution in [0.2, 0.25) is 0 Å². The molecule has 3 nitrogen and oxygen atoms in total. The van der Waals surface area contributed by atoms with Gasteiger partial charge in [0.15, 0.2) is 0 Å². The second kappa shape index (κ2) is 5.91. The van der Waals surface area contributed by atoms with Crippen LogP contribution >= 0.6 is 0 Å². The molecule has 1 aromatic rings. The molecule has 1 aromatic heterocycles. The number of nitrogens with zero attached hydrogens (tertiary/aromatic N) is 2. The van der Waals surface area contributed by atoms with Gasteiger partial charge in [0, 0.05) is 18.8 Å². The number of anilines is 1. The van der Waals surface area contributed by atoms with Crippen molar-refractivity contribution < 1.29 is 0 Å². The minimum absolute atomic E-state index is 0.709. The average molecular weight is 259 g/mol. The minimum atomic E-state index is 0.709. The molecule has 1 saturated heterocycles. The fraction of sp³-hybridized carbons (Fsp3) is 0.688. The Balaban J connectivity index is 1.83. The lowest BCUT2D eigenvalue weighted by molar-refractivity contribution is 0.428. The summed E-state index contributed by atoms with van der Waals surface area (Å²) in [5.41, 5.74) is 7.07. The molecule has 1 aliphatic heterocycles. The summed E-state index contributed by atoms with van der Waals surface area (Å²) in [6.45, 7) is 1.89. The number of rotatable bonds is 4. The van der Waals surface area contributed by atoms with Crippen LogP contribution in [0.3, 0.4) is 0 Å². The minimum Gasteiger partial charge on any atom is -0.353 e. The predicted molar refractivity (Wildman–Crippen MR) is 79.3 cm³/mol. The first kappa shape index (κ1) is 12.9. The highest BCUT2D eigenvalue weighted by Gasteiger charge is 2.34. The second-order valence-electron chi connectivity index (χ2n) is 5.97. The molecule has 19 heavy (non-hydrogen) atoms. The van der Waals surface area contributed by atoms with Crippen LogP contribution < -0.4 is 10.6 Å². The summed E-state index contributed by atoms with van der Waals surface area (Å²) in [7, 11) is 0. The molecule has 0 radical (unpaired) electrons. The van der Waals surface area contributed by atoms with Gasteiger partial charge in [0.25, 0.3) is 0 Å². The summed E-state index contributed by atoms with van der Waals surface area (Å²) < 4.78 is 0. The van der Waals surface area contributed by atoms with E-state index in [1.807, 2.05) is 12.3 Å². The van der Waals surface area contributed by atoms with Crippen LogP contribution in [0.4, 0.5) is 5.82 Å². The highest BCUT2D eigenvalue weighted by molar-refractivity contribution is 5.49. The maximum absolute atomic E-state index is 5.74. The molecule has 104 valence electrons. The molecule has 3 rings (SSSR count). The third kappa shape index (κ3) is 2.62. The van der Waals surface area contributed by atoms with Gasteiger partial charge in [-0.15, -0.1) is 0 Å². The highest BCUT2D eigenvalue weighted by Crippen LogP contribution is 2.38. The zero-order valence-electron chi connectivity index (χ0n) is 11.7. The van der Waals surface area contributed by atoms with Crippen LogP contribution in [0.15, 0.2) is 18.3 Å². The van der Waals surface area contributed by atoms with Crippen molar-refractivity contribution in [1.82, 2.24) is 4.98 Å². The normalized spacial score (nSPS) is 24.3.